The number of allylic oxidation sites excluding steroid dienone is 1. The molecule has 41 heavy (non-hydrogen) atoms. The average molecular weight is 636 g/mol. The maximum Gasteiger partial charge on any atom is 0.337 e. The molecule has 0 spiro atoms. The minimum atomic E-state index is -1.14. The van der Waals surface area contributed by atoms with Crippen molar-refractivity contribution in [3.63, 3.8) is 0 Å². The van der Waals surface area contributed by atoms with Crippen molar-refractivity contribution in [2.24, 2.45) is 5.10 Å². The lowest BCUT2D eigenvalue weighted by atomic mass is 9.95. The molecule has 1 aliphatic heterocycles. The summed E-state index contributed by atoms with van der Waals surface area (Å²) in [4.78, 5) is 24.5. The number of hydrogen-bond acceptors (Lipinski definition) is 10. The number of ether oxygens (including phenoxy) is 5. The Hall–Kier alpha value is -3.97. The Bertz CT molecular complexity index is 1300. The molecule has 0 saturated heterocycles. The maximum absolute atomic E-state index is 12.4. The van der Waals surface area contributed by atoms with Gasteiger partial charge in [-0.05, 0) is 79.0 Å². The summed E-state index contributed by atoms with van der Waals surface area (Å²) in [5.74, 6) is 1.35. The van der Waals surface area contributed by atoms with Crippen molar-refractivity contribution in [2.75, 3.05) is 33.5 Å². The Kier molecular flexibility index (Phi) is 11.7. The van der Waals surface area contributed by atoms with Crippen LogP contribution in [-0.4, -0.2) is 63.1 Å². The lowest BCUT2D eigenvalue weighted by molar-refractivity contribution is -0.136. The van der Waals surface area contributed by atoms with Crippen LogP contribution in [0.3, 0.4) is 0 Å². The molecule has 222 valence electrons. The highest BCUT2D eigenvalue weighted by molar-refractivity contribution is 9.10. The largest absolute Gasteiger partial charge is 0.490 e. The third-order valence-corrected chi connectivity index (χ3v) is 6.32. The third kappa shape index (κ3) is 8.27. The summed E-state index contributed by atoms with van der Waals surface area (Å²) < 4.78 is 28.5. The third-order valence-electron chi connectivity index (χ3n) is 5.73. The van der Waals surface area contributed by atoms with Gasteiger partial charge in [0.1, 0.15) is 6.61 Å². The minimum absolute atomic E-state index is 0.148. The van der Waals surface area contributed by atoms with E-state index < -0.39 is 24.3 Å². The second-order valence-corrected chi connectivity index (χ2v) is 9.47. The second kappa shape index (κ2) is 15.1. The lowest BCUT2D eigenvalue weighted by Gasteiger charge is -2.28. The van der Waals surface area contributed by atoms with Crippen LogP contribution >= 0.6 is 15.9 Å². The molecule has 2 amide bonds. The van der Waals surface area contributed by atoms with Crippen molar-refractivity contribution in [1.29, 1.82) is 0 Å². The highest BCUT2D eigenvalue weighted by Crippen LogP contribution is 2.37. The topological polar surface area (TPSA) is 149 Å². The standard InChI is InChI=1S/C28H35BrN4O8/c1-6-38-21-13-18(25-24(27(35)37-5)16(4)31-28(36)32-25)9-10-20(21)41-15-23(34)33-30-14-17-11-19(29)26(40-8-3)22(12-17)39-7-2/h9-14,23,25,33-34H,6-8,15H2,1-5H3,(H2,31,32,36)/b30-14+/t23-,25+/m1/s1. The summed E-state index contributed by atoms with van der Waals surface area (Å²) in [5, 5.41) is 19.8. The van der Waals surface area contributed by atoms with Crippen LogP contribution in [0.2, 0.25) is 0 Å². The van der Waals surface area contributed by atoms with Crippen LogP contribution in [0.4, 0.5) is 4.79 Å². The van der Waals surface area contributed by atoms with Gasteiger partial charge in [0.15, 0.2) is 29.2 Å². The van der Waals surface area contributed by atoms with Gasteiger partial charge in [0.25, 0.3) is 0 Å². The van der Waals surface area contributed by atoms with Crippen LogP contribution in [-0.2, 0) is 9.53 Å². The summed E-state index contributed by atoms with van der Waals surface area (Å²) in [6.45, 7) is 8.37. The monoisotopic (exact) mass is 634 g/mol. The van der Waals surface area contributed by atoms with Crippen LogP contribution in [0.5, 0.6) is 23.0 Å². The van der Waals surface area contributed by atoms with Crippen LogP contribution in [0.25, 0.3) is 0 Å². The SMILES string of the molecule is CCOc1cc([C@@H]2NC(=O)NC(C)=C2C(=O)OC)ccc1OC[C@@H](O)N/N=C/c1cc(Br)c(OCC)c(OCC)c1. The number of esters is 1. The predicted molar refractivity (Wildman–Crippen MR) is 155 cm³/mol. The first-order valence-electron chi connectivity index (χ1n) is 13.0. The molecule has 0 radical (unpaired) electrons. The van der Waals surface area contributed by atoms with E-state index in [0.717, 1.165) is 10.0 Å². The Morgan fingerprint density at radius 3 is 2.46 bits per heavy atom. The number of amides is 2. The summed E-state index contributed by atoms with van der Waals surface area (Å²) in [6.07, 6.45) is 0.395. The number of methoxy groups -OCH3 is 1. The van der Waals surface area contributed by atoms with Gasteiger partial charge in [-0.15, -0.1) is 0 Å². The van der Waals surface area contributed by atoms with Crippen molar-refractivity contribution in [1.82, 2.24) is 16.1 Å². The molecule has 0 aliphatic carbocycles. The smallest absolute Gasteiger partial charge is 0.337 e. The van der Waals surface area contributed by atoms with Gasteiger partial charge < -0.3 is 39.4 Å². The molecule has 3 rings (SSSR count). The van der Waals surface area contributed by atoms with Gasteiger partial charge in [0.2, 0.25) is 0 Å². The number of aliphatic hydroxyl groups is 1. The first kappa shape index (κ1) is 31.6. The fraction of sp³-hybridized carbons (Fsp3) is 0.393. The molecule has 2 atom stereocenters. The Morgan fingerprint density at radius 2 is 1.78 bits per heavy atom. The van der Waals surface area contributed by atoms with Crippen molar-refractivity contribution in [2.45, 2.75) is 40.0 Å². The van der Waals surface area contributed by atoms with Crippen LogP contribution in [0, 0.1) is 0 Å². The molecule has 0 aromatic heterocycles. The molecule has 0 unspecified atom stereocenters. The number of carbonyl (C=O) groups excluding carboxylic acids is 2. The molecule has 2 aromatic carbocycles. The normalized spacial score (nSPS) is 15.6. The zero-order chi connectivity index (χ0) is 29.9. The molecule has 0 bridgehead atoms. The number of rotatable bonds is 14. The number of benzene rings is 2. The van der Waals surface area contributed by atoms with E-state index in [9.17, 15) is 14.7 Å². The van der Waals surface area contributed by atoms with Crippen molar-refractivity contribution < 1.29 is 38.4 Å². The maximum atomic E-state index is 12.4. The first-order chi connectivity index (χ1) is 19.7. The average Bonchev–Trinajstić information content (AvgIpc) is 2.93. The van der Waals surface area contributed by atoms with E-state index in [2.05, 4.69) is 37.1 Å². The minimum Gasteiger partial charge on any atom is -0.490 e. The van der Waals surface area contributed by atoms with Crippen LogP contribution < -0.4 is 35.0 Å². The number of hydrazone groups is 1. The predicted octanol–water partition coefficient (Wildman–Crippen LogP) is 3.77. The van der Waals surface area contributed by atoms with Gasteiger partial charge in [-0.1, -0.05) is 6.07 Å². The highest BCUT2D eigenvalue weighted by atomic mass is 79.9. The van der Waals surface area contributed by atoms with Gasteiger partial charge in [-0.2, -0.15) is 5.10 Å². The van der Waals surface area contributed by atoms with E-state index in [1.165, 1.54) is 13.3 Å². The number of carbonyl (C=O) groups is 2. The van der Waals surface area contributed by atoms with E-state index in [-0.39, 0.29) is 12.2 Å². The number of hydrogen-bond donors (Lipinski definition) is 4. The van der Waals surface area contributed by atoms with Crippen molar-refractivity contribution >= 4 is 34.1 Å². The van der Waals surface area contributed by atoms with Gasteiger partial charge in [0, 0.05) is 5.70 Å². The number of urea groups is 1. The molecule has 4 N–H and O–H groups in total. The molecule has 1 aliphatic rings. The molecular weight excluding hydrogens is 600 g/mol. The van der Waals surface area contributed by atoms with E-state index in [4.69, 9.17) is 23.7 Å². The molecule has 1 heterocycles. The van der Waals surface area contributed by atoms with E-state index >= 15 is 0 Å². The zero-order valence-corrected chi connectivity index (χ0v) is 25.2. The van der Waals surface area contributed by atoms with Gasteiger partial charge in [-0.25, -0.2) is 9.59 Å². The second-order valence-electron chi connectivity index (χ2n) is 8.61. The van der Waals surface area contributed by atoms with E-state index in [1.54, 1.807) is 31.2 Å². The number of halogens is 1. The molecule has 13 heteroatoms. The van der Waals surface area contributed by atoms with Crippen molar-refractivity contribution in [3.8, 4) is 23.0 Å². The van der Waals surface area contributed by atoms with E-state index in [1.807, 2.05) is 26.8 Å². The Morgan fingerprint density at radius 1 is 1.07 bits per heavy atom. The number of nitrogens with zero attached hydrogens (tertiary/aromatic N) is 1. The van der Waals surface area contributed by atoms with Gasteiger partial charge >= 0.3 is 12.0 Å². The van der Waals surface area contributed by atoms with Gasteiger partial charge in [-0.3, -0.25) is 5.43 Å². The highest BCUT2D eigenvalue weighted by Gasteiger charge is 2.32. The van der Waals surface area contributed by atoms with Crippen molar-refractivity contribution in [3.05, 3.63) is 57.2 Å². The first-order valence-corrected chi connectivity index (χ1v) is 13.8. The van der Waals surface area contributed by atoms with Gasteiger partial charge in [0.05, 0.1) is 49.2 Å². The summed E-state index contributed by atoms with van der Waals surface area (Å²) in [6, 6.07) is 7.42. The van der Waals surface area contributed by atoms with E-state index in [0.29, 0.717) is 54.1 Å². The van der Waals surface area contributed by atoms with Crippen LogP contribution in [0.1, 0.15) is 44.9 Å². The Labute approximate surface area is 247 Å². The summed E-state index contributed by atoms with van der Waals surface area (Å²) >= 11 is 3.49. The number of aliphatic hydroxyl groups excluding tert-OH is 1. The zero-order valence-electron chi connectivity index (χ0n) is 23.6. The number of nitrogens with one attached hydrogen (secondary N) is 3. The lowest BCUT2D eigenvalue weighted by Crippen LogP contribution is -2.45. The summed E-state index contributed by atoms with van der Waals surface area (Å²) in [5.41, 5.74) is 4.60. The Balaban J connectivity index is 1.70. The molecule has 12 nitrogen and oxygen atoms in total. The molecule has 0 fully saturated rings. The quantitative estimate of drug-likeness (QED) is 0.105. The fourth-order valence-corrected chi connectivity index (χ4v) is 4.60. The fourth-order valence-electron chi connectivity index (χ4n) is 4.03. The summed E-state index contributed by atoms with van der Waals surface area (Å²) in [7, 11) is 1.28. The van der Waals surface area contributed by atoms with Crippen LogP contribution in [0.15, 0.2) is 51.2 Å². The molecule has 2 aromatic rings. The molecule has 0 saturated carbocycles. The molecular formula is C28H35BrN4O8.